The largest absolute Gasteiger partial charge is 0.394 e. The molecule has 0 radical (unpaired) electrons. The Bertz CT molecular complexity index is 404. The second kappa shape index (κ2) is 4.43. The zero-order chi connectivity index (χ0) is 13.5. The van der Waals surface area contributed by atoms with E-state index in [9.17, 15) is 19.8 Å². The number of carbonyl (C=O) groups excluding carboxylic acids is 2. The lowest BCUT2D eigenvalue weighted by Crippen LogP contribution is -2.54. The number of amides is 1. The van der Waals surface area contributed by atoms with Gasteiger partial charge in [-0.05, 0) is 13.0 Å². The Labute approximate surface area is 103 Å². The number of hydrogen-bond donors (Lipinski definition) is 3. The summed E-state index contributed by atoms with van der Waals surface area (Å²) in [6.07, 6.45) is -1.28. The van der Waals surface area contributed by atoms with Gasteiger partial charge in [0.1, 0.15) is 17.8 Å². The van der Waals surface area contributed by atoms with E-state index in [1.807, 2.05) is 0 Å². The fourth-order valence-corrected chi connectivity index (χ4v) is 2.14. The van der Waals surface area contributed by atoms with E-state index < -0.39 is 36.6 Å². The van der Waals surface area contributed by atoms with Crippen molar-refractivity contribution in [1.29, 1.82) is 0 Å². The molecule has 0 aromatic rings. The van der Waals surface area contributed by atoms with Crippen molar-refractivity contribution in [2.24, 2.45) is 0 Å². The maximum atomic E-state index is 11.7. The van der Waals surface area contributed by atoms with Gasteiger partial charge in [-0.3, -0.25) is 14.5 Å². The van der Waals surface area contributed by atoms with Crippen LogP contribution in [0.4, 0.5) is 0 Å². The summed E-state index contributed by atoms with van der Waals surface area (Å²) in [5, 5.41) is 29.0. The van der Waals surface area contributed by atoms with Crippen molar-refractivity contribution in [3.8, 4) is 0 Å². The van der Waals surface area contributed by atoms with Crippen molar-refractivity contribution in [2.45, 2.75) is 37.4 Å². The highest BCUT2D eigenvalue weighted by Crippen LogP contribution is 2.34. The molecular formula is C11H15NO6. The van der Waals surface area contributed by atoms with Crippen LogP contribution in [0, 0.1) is 0 Å². The number of ketones is 1. The third-order valence-corrected chi connectivity index (χ3v) is 3.22. The summed E-state index contributed by atoms with van der Waals surface area (Å²) in [5.74, 6) is -0.841. The van der Waals surface area contributed by atoms with Crippen LogP contribution in [0.15, 0.2) is 12.3 Å². The van der Waals surface area contributed by atoms with Crippen LogP contribution in [-0.2, 0) is 14.3 Å². The summed E-state index contributed by atoms with van der Waals surface area (Å²) in [6.45, 7) is 0.841. The number of ether oxygens (including phenoxy) is 1. The monoisotopic (exact) mass is 257 g/mol. The SMILES string of the molecule is C[C@@]1(O)[C@H](O)[C@@H](CO)O[C@H]1N1C=CC(=O)CC1=O. The van der Waals surface area contributed by atoms with Crippen molar-refractivity contribution in [3.05, 3.63) is 12.3 Å². The zero-order valence-corrected chi connectivity index (χ0v) is 9.81. The van der Waals surface area contributed by atoms with Crippen LogP contribution < -0.4 is 0 Å². The Morgan fingerprint density at radius 3 is 2.72 bits per heavy atom. The fraction of sp³-hybridized carbons (Fsp3) is 0.636. The smallest absolute Gasteiger partial charge is 0.236 e. The second-order valence-electron chi connectivity index (χ2n) is 4.64. The molecule has 2 aliphatic heterocycles. The van der Waals surface area contributed by atoms with Crippen LogP contribution in [-0.4, -0.2) is 62.6 Å². The van der Waals surface area contributed by atoms with Crippen molar-refractivity contribution in [1.82, 2.24) is 4.90 Å². The molecule has 1 fully saturated rings. The molecule has 0 saturated carbocycles. The van der Waals surface area contributed by atoms with E-state index >= 15 is 0 Å². The summed E-state index contributed by atoms with van der Waals surface area (Å²) in [4.78, 5) is 23.8. The predicted molar refractivity (Wildman–Crippen MR) is 58.0 cm³/mol. The molecule has 1 amide bonds. The van der Waals surface area contributed by atoms with Gasteiger partial charge in [-0.1, -0.05) is 0 Å². The minimum Gasteiger partial charge on any atom is -0.394 e. The first kappa shape index (κ1) is 13.2. The molecule has 0 unspecified atom stereocenters. The van der Waals surface area contributed by atoms with Crippen molar-refractivity contribution < 1.29 is 29.6 Å². The average molecular weight is 257 g/mol. The van der Waals surface area contributed by atoms with E-state index in [2.05, 4.69) is 0 Å². The average Bonchev–Trinajstić information content (AvgIpc) is 2.52. The predicted octanol–water partition coefficient (Wildman–Crippen LogP) is -1.87. The van der Waals surface area contributed by atoms with Crippen molar-refractivity contribution >= 4 is 11.7 Å². The Hall–Kier alpha value is -1.28. The zero-order valence-electron chi connectivity index (χ0n) is 9.81. The minimum absolute atomic E-state index is 0.299. The molecule has 0 spiro atoms. The van der Waals surface area contributed by atoms with Gasteiger partial charge in [0.25, 0.3) is 0 Å². The minimum atomic E-state index is -1.71. The Morgan fingerprint density at radius 2 is 2.22 bits per heavy atom. The first-order valence-corrected chi connectivity index (χ1v) is 5.57. The van der Waals surface area contributed by atoms with Crippen LogP contribution in [0.3, 0.4) is 0 Å². The molecule has 100 valence electrons. The van der Waals surface area contributed by atoms with Gasteiger partial charge in [-0.2, -0.15) is 0 Å². The summed E-state index contributed by atoms with van der Waals surface area (Å²) in [6, 6.07) is 0. The molecule has 2 heterocycles. The molecule has 0 aliphatic carbocycles. The van der Waals surface area contributed by atoms with E-state index in [-0.39, 0.29) is 12.2 Å². The van der Waals surface area contributed by atoms with Gasteiger partial charge in [0.15, 0.2) is 12.0 Å². The second-order valence-corrected chi connectivity index (χ2v) is 4.64. The van der Waals surface area contributed by atoms with Gasteiger partial charge < -0.3 is 20.1 Å². The highest BCUT2D eigenvalue weighted by molar-refractivity contribution is 6.06. The topological polar surface area (TPSA) is 107 Å². The molecule has 2 aliphatic rings. The van der Waals surface area contributed by atoms with E-state index in [4.69, 9.17) is 9.84 Å². The maximum absolute atomic E-state index is 11.7. The number of carbonyl (C=O) groups is 2. The summed E-state index contributed by atoms with van der Waals surface area (Å²) < 4.78 is 5.28. The number of aliphatic hydroxyl groups excluding tert-OH is 2. The summed E-state index contributed by atoms with van der Waals surface area (Å²) in [5.41, 5.74) is -1.71. The number of rotatable bonds is 2. The first-order chi connectivity index (χ1) is 8.37. The van der Waals surface area contributed by atoms with Crippen molar-refractivity contribution in [2.75, 3.05) is 6.61 Å². The highest BCUT2D eigenvalue weighted by atomic mass is 16.6. The van der Waals surface area contributed by atoms with Crippen LogP contribution in [0.2, 0.25) is 0 Å². The van der Waals surface area contributed by atoms with Gasteiger partial charge in [0.2, 0.25) is 5.91 Å². The number of aliphatic hydroxyl groups is 3. The molecule has 2 rings (SSSR count). The fourth-order valence-electron chi connectivity index (χ4n) is 2.14. The molecule has 18 heavy (non-hydrogen) atoms. The van der Waals surface area contributed by atoms with Gasteiger partial charge >= 0.3 is 0 Å². The molecule has 7 heteroatoms. The van der Waals surface area contributed by atoms with Crippen LogP contribution in [0.1, 0.15) is 13.3 Å². The van der Waals surface area contributed by atoms with Gasteiger partial charge in [0, 0.05) is 6.20 Å². The Kier molecular flexibility index (Phi) is 3.24. The highest BCUT2D eigenvalue weighted by Gasteiger charge is 2.55. The maximum Gasteiger partial charge on any atom is 0.236 e. The summed E-state index contributed by atoms with van der Waals surface area (Å²) >= 11 is 0. The van der Waals surface area contributed by atoms with Crippen LogP contribution in [0.5, 0.6) is 0 Å². The van der Waals surface area contributed by atoms with E-state index in [1.54, 1.807) is 0 Å². The first-order valence-electron chi connectivity index (χ1n) is 5.57. The molecular weight excluding hydrogens is 242 g/mol. The Morgan fingerprint density at radius 1 is 1.56 bits per heavy atom. The summed E-state index contributed by atoms with van der Waals surface area (Å²) in [7, 11) is 0. The molecule has 7 nitrogen and oxygen atoms in total. The molecule has 3 N–H and O–H groups in total. The lowest BCUT2D eigenvalue weighted by molar-refractivity contribution is -0.158. The van der Waals surface area contributed by atoms with Crippen molar-refractivity contribution in [3.63, 3.8) is 0 Å². The molecule has 1 saturated heterocycles. The standard InChI is InChI=1S/C11H15NO6/c1-11(17)9(16)7(5-13)18-10(11)12-3-2-6(14)4-8(12)15/h2-3,7,9-10,13,16-17H,4-5H2,1H3/t7-,9-,10-,11-/m1/s1. The quantitative estimate of drug-likeness (QED) is 0.500. The van der Waals surface area contributed by atoms with E-state index in [0.29, 0.717) is 0 Å². The number of hydrogen-bond acceptors (Lipinski definition) is 6. The third kappa shape index (κ3) is 1.95. The van der Waals surface area contributed by atoms with E-state index in [1.165, 1.54) is 19.2 Å². The Balaban J connectivity index is 2.26. The molecule has 0 aromatic carbocycles. The number of allylic oxidation sites excluding steroid dienone is 1. The molecule has 0 aromatic heterocycles. The van der Waals surface area contributed by atoms with Gasteiger partial charge in [-0.25, -0.2) is 0 Å². The van der Waals surface area contributed by atoms with Gasteiger partial charge in [0.05, 0.1) is 13.0 Å². The molecule has 4 atom stereocenters. The third-order valence-electron chi connectivity index (χ3n) is 3.22. The van der Waals surface area contributed by atoms with Crippen LogP contribution in [0.25, 0.3) is 0 Å². The number of nitrogens with zero attached hydrogens (tertiary/aromatic N) is 1. The molecule has 0 bridgehead atoms. The lowest BCUT2D eigenvalue weighted by atomic mass is 9.95. The van der Waals surface area contributed by atoms with Crippen LogP contribution >= 0.6 is 0 Å². The normalized spacial score (nSPS) is 40.7. The van der Waals surface area contributed by atoms with E-state index in [0.717, 1.165) is 4.90 Å². The van der Waals surface area contributed by atoms with Gasteiger partial charge in [-0.15, -0.1) is 0 Å². The lowest BCUT2D eigenvalue weighted by Gasteiger charge is -2.34.